The smallest absolute Gasteiger partial charge is 0.229 e. The molecule has 3 N–H and O–H groups in total. The lowest BCUT2D eigenvalue weighted by molar-refractivity contribution is 0.0268. The van der Waals surface area contributed by atoms with Crippen molar-refractivity contribution >= 4 is 17.9 Å². The van der Waals surface area contributed by atoms with Crippen molar-refractivity contribution in [3.05, 3.63) is 36.0 Å². The van der Waals surface area contributed by atoms with Crippen LogP contribution in [0.15, 0.2) is 35.4 Å². The van der Waals surface area contributed by atoms with E-state index in [1.54, 1.807) is 50.4 Å². The Morgan fingerprint density at radius 2 is 1.96 bits per heavy atom. The first kappa shape index (κ1) is 19.8. The largest absolute Gasteiger partial charge is 0.508 e. The summed E-state index contributed by atoms with van der Waals surface area (Å²) in [7, 11) is 0. The van der Waals surface area contributed by atoms with Crippen LogP contribution in [-0.4, -0.2) is 64.9 Å². The maximum absolute atomic E-state index is 9.90. The fraction of sp³-hybridized carbons (Fsp3) is 0.421. The molecular formula is C19H25N5O4. The third-order valence-electron chi connectivity index (χ3n) is 3.84. The van der Waals surface area contributed by atoms with Crippen LogP contribution < -0.4 is 15.1 Å². The molecule has 9 nitrogen and oxygen atoms in total. The normalized spacial score (nSPS) is 15.0. The number of aliphatic hydroxyl groups is 1. The predicted octanol–water partition coefficient (Wildman–Crippen LogP) is 1.61. The molecule has 1 aliphatic rings. The molecule has 0 bridgehead atoms. The van der Waals surface area contributed by atoms with E-state index in [4.69, 9.17) is 9.47 Å². The van der Waals surface area contributed by atoms with Crippen molar-refractivity contribution in [3.8, 4) is 11.6 Å². The quantitative estimate of drug-likeness (QED) is 0.373. The van der Waals surface area contributed by atoms with Crippen molar-refractivity contribution in [2.24, 2.45) is 5.10 Å². The molecule has 0 atom stereocenters. The molecule has 1 aliphatic heterocycles. The molecule has 1 aromatic heterocycles. The van der Waals surface area contributed by atoms with E-state index in [9.17, 15) is 10.2 Å². The Morgan fingerprint density at radius 3 is 2.64 bits per heavy atom. The number of phenols is 1. The van der Waals surface area contributed by atoms with Gasteiger partial charge in [-0.3, -0.25) is 5.43 Å². The summed E-state index contributed by atoms with van der Waals surface area (Å²) >= 11 is 0. The van der Waals surface area contributed by atoms with Crippen molar-refractivity contribution in [2.45, 2.75) is 19.4 Å². The van der Waals surface area contributed by atoms with Gasteiger partial charge in [0.15, 0.2) is 0 Å². The van der Waals surface area contributed by atoms with E-state index in [1.165, 1.54) is 0 Å². The Labute approximate surface area is 163 Å². The number of hydrogen-bond acceptors (Lipinski definition) is 9. The van der Waals surface area contributed by atoms with E-state index in [-0.39, 0.29) is 12.4 Å². The molecule has 0 radical (unpaired) electrons. The van der Waals surface area contributed by atoms with Crippen LogP contribution in [-0.2, 0) is 4.74 Å². The highest BCUT2D eigenvalue weighted by atomic mass is 16.5. The van der Waals surface area contributed by atoms with Gasteiger partial charge in [-0.2, -0.15) is 10.1 Å². The summed E-state index contributed by atoms with van der Waals surface area (Å²) in [5, 5.41) is 23.4. The molecule has 28 heavy (non-hydrogen) atoms. The fourth-order valence-corrected chi connectivity index (χ4v) is 2.43. The SMILES string of the molecule is CC(C)(O)COc1cc(C=NNc2ccc(O)cc2)nc(N2CCOCC2)n1. The van der Waals surface area contributed by atoms with E-state index >= 15 is 0 Å². The van der Waals surface area contributed by atoms with Gasteiger partial charge in [-0.1, -0.05) is 0 Å². The highest BCUT2D eigenvalue weighted by Gasteiger charge is 2.18. The number of morpholine rings is 1. The Kier molecular flexibility index (Phi) is 6.27. The van der Waals surface area contributed by atoms with E-state index in [2.05, 4.69) is 20.5 Å². The molecule has 2 aromatic rings. The lowest BCUT2D eigenvalue weighted by atomic mass is 10.2. The van der Waals surface area contributed by atoms with Gasteiger partial charge in [0, 0.05) is 19.2 Å². The molecular weight excluding hydrogens is 362 g/mol. The van der Waals surface area contributed by atoms with E-state index in [0.717, 1.165) is 5.69 Å². The second kappa shape index (κ2) is 8.85. The number of aromatic nitrogens is 2. The molecule has 1 saturated heterocycles. The van der Waals surface area contributed by atoms with E-state index in [0.29, 0.717) is 43.8 Å². The topological polar surface area (TPSA) is 112 Å². The summed E-state index contributed by atoms with van der Waals surface area (Å²) in [5.74, 6) is 1.08. The molecule has 1 fully saturated rings. The van der Waals surface area contributed by atoms with Crippen molar-refractivity contribution in [1.82, 2.24) is 9.97 Å². The zero-order valence-corrected chi connectivity index (χ0v) is 16.0. The van der Waals surface area contributed by atoms with Gasteiger partial charge >= 0.3 is 0 Å². The monoisotopic (exact) mass is 387 g/mol. The van der Waals surface area contributed by atoms with Gasteiger partial charge in [-0.15, -0.1) is 0 Å². The van der Waals surface area contributed by atoms with Gasteiger partial charge in [0.1, 0.15) is 12.4 Å². The number of benzene rings is 1. The number of hydrazone groups is 1. The summed E-state index contributed by atoms with van der Waals surface area (Å²) in [5.41, 5.74) is 3.20. The minimum atomic E-state index is -0.973. The molecule has 0 aliphatic carbocycles. The van der Waals surface area contributed by atoms with Gasteiger partial charge in [0.2, 0.25) is 11.8 Å². The number of anilines is 2. The molecule has 0 unspecified atom stereocenters. The van der Waals surface area contributed by atoms with Crippen LogP contribution in [0.1, 0.15) is 19.5 Å². The zero-order valence-electron chi connectivity index (χ0n) is 16.0. The first-order valence-corrected chi connectivity index (χ1v) is 9.04. The van der Waals surface area contributed by atoms with Crippen LogP contribution in [0, 0.1) is 0 Å². The van der Waals surface area contributed by atoms with Crippen LogP contribution in [0.5, 0.6) is 11.6 Å². The van der Waals surface area contributed by atoms with Gasteiger partial charge < -0.3 is 24.6 Å². The number of hydrogen-bond donors (Lipinski definition) is 3. The average molecular weight is 387 g/mol. The maximum atomic E-state index is 9.90. The minimum absolute atomic E-state index is 0.106. The van der Waals surface area contributed by atoms with Gasteiger partial charge in [0.05, 0.1) is 36.4 Å². The summed E-state index contributed by atoms with van der Waals surface area (Å²) in [6, 6.07) is 8.23. The van der Waals surface area contributed by atoms with Crippen LogP contribution >= 0.6 is 0 Å². The molecule has 0 spiro atoms. The predicted molar refractivity (Wildman–Crippen MR) is 106 cm³/mol. The lowest BCUT2D eigenvalue weighted by Crippen LogP contribution is -2.37. The first-order chi connectivity index (χ1) is 13.4. The summed E-state index contributed by atoms with van der Waals surface area (Å²) in [6.07, 6.45) is 1.56. The number of rotatable bonds is 7. The highest BCUT2D eigenvalue weighted by Crippen LogP contribution is 2.18. The van der Waals surface area contributed by atoms with Crippen molar-refractivity contribution < 1.29 is 19.7 Å². The van der Waals surface area contributed by atoms with E-state index < -0.39 is 5.60 Å². The first-order valence-electron chi connectivity index (χ1n) is 9.04. The molecule has 0 saturated carbocycles. The molecule has 2 heterocycles. The Morgan fingerprint density at radius 1 is 1.25 bits per heavy atom. The molecule has 1 aromatic carbocycles. The van der Waals surface area contributed by atoms with Crippen molar-refractivity contribution in [1.29, 1.82) is 0 Å². The summed E-state index contributed by atoms with van der Waals surface area (Å²) < 4.78 is 11.0. The molecule has 3 rings (SSSR count). The second-order valence-corrected chi connectivity index (χ2v) is 7.05. The number of aromatic hydroxyl groups is 1. The molecule has 150 valence electrons. The average Bonchev–Trinajstić information content (AvgIpc) is 2.68. The van der Waals surface area contributed by atoms with Crippen LogP contribution in [0.2, 0.25) is 0 Å². The van der Waals surface area contributed by atoms with Crippen LogP contribution in [0.3, 0.4) is 0 Å². The number of ether oxygens (including phenoxy) is 2. The lowest BCUT2D eigenvalue weighted by Gasteiger charge is -2.27. The van der Waals surface area contributed by atoms with E-state index in [1.807, 2.05) is 4.90 Å². The Hall–Kier alpha value is -2.91. The third-order valence-corrected chi connectivity index (χ3v) is 3.84. The van der Waals surface area contributed by atoms with Gasteiger partial charge in [-0.05, 0) is 38.1 Å². The Bertz CT molecular complexity index is 799. The maximum Gasteiger partial charge on any atom is 0.229 e. The van der Waals surface area contributed by atoms with Crippen LogP contribution in [0.25, 0.3) is 0 Å². The number of nitrogens with one attached hydrogen (secondary N) is 1. The third kappa shape index (κ3) is 6.07. The van der Waals surface area contributed by atoms with Gasteiger partial charge in [-0.25, -0.2) is 4.98 Å². The fourth-order valence-electron chi connectivity index (χ4n) is 2.43. The highest BCUT2D eigenvalue weighted by molar-refractivity contribution is 5.78. The minimum Gasteiger partial charge on any atom is -0.508 e. The summed E-state index contributed by atoms with van der Waals surface area (Å²) in [6.45, 7) is 6.05. The second-order valence-electron chi connectivity index (χ2n) is 7.05. The molecule has 9 heteroatoms. The standard InChI is InChI=1S/C19H25N5O4/c1-19(2,26)13-28-17-11-15(12-20-23-14-3-5-16(25)6-4-14)21-18(22-17)24-7-9-27-10-8-24/h3-6,11-12,23,25-26H,7-10,13H2,1-2H3. The number of nitrogens with zero attached hydrogens (tertiary/aromatic N) is 4. The molecule has 0 amide bonds. The van der Waals surface area contributed by atoms with Crippen molar-refractivity contribution in [3.63, 3.8) is 0 Å². The number of phenolic OH excluding ortho intramolecular Hbond substituents is 1. The summed E-state index contributed by atoms with van der Waals surface area (Å²) in [4.78, 5) is 11.0. The van der Waals surface area contributed by atoms with Crippen molar-refractivity contribution in [2.75, 3.05) is 43.2 Å². The zero-order chi connectivity index (χ0) is 20.0. The van der Waals surface area contributed by atoms with Gasteiger partial charge in [0.25, 0.3) is 0 Å². The van der Waals surface area contributed by atoms with Crippen LogP contribution in [0.4, 0.5) is 11.6 Å². The Balaban J connectivity index is 1.77.